The fourth-order valence-corrected chi connectivity index (χ4v) is 4.24. The third-order valence-corrected chi connectivity index (χ3v) is 5.97. The molecule has 1 heterocycles. The number of hydrogen-bond donors (Lipinski definition) is 2. The topological polar surface area (TPSA) is 75.7 Å². The minimum atomic E-state index is -0.274. The number of benzene rings is 2. The van der Waals surface area contributed by atoms with Gasteiger partial charge in [-0.2, -0.15) is 5.10 Å². The maximum Gasteiger partial charge on any atom is 0.271 e. The Labute approximate surface area is 180 Å². The molecule has 0 aliphatic heterocycles. The summed E-state index contributed by atoms with van der Waals surface area (Å²) < 4.78 is 10.5. The van der Waals surface area contributed by atoms with Crippen LogP contribution in [0.25, 0.3) is 10.9 Å². The minimum absolute atomic E-state index is 0.274. The van der Waals surface area contributed by atoms with E-state index in [0.717, 1.165) is 23.7 Å². The Morgan fingerprint density at radius 1 is 1.27 bits per heavy atom. The molecule has 3 aromatic rings. The average molecular weight is 426 g/mol. The molecule has 4 rings (SSSR count). The molecule has 6 nitrogen and oxygen atoms in total. The standard InChI is InChI=1S/C23H24ClN3O3/c1-13-4-7-18-16(10-13)17-11-14(5-8-19(17)26-18)23(28)27-25-12-15-6-9-20(29-2)22(30-3)21(15)24/h5-6,8-9,11-13,26H,4,7,10H2,1-3H3,(H,27,28)/b25-12-. The molecule has 0 fully saturated rings. The molecule has 0 bridgehead atoms. The van der Waals surface area contributed by atoms with E-state index in [1.165, 1.54) is 31.0 Å². The highest BCUT2D eigenvalue weighted by Crippen LogP contribution is 2.36. The van der Waals surface area contributed by atoms with E-state index in [1.54, 1.807) is 19.2 Å². The Kier molecular flexibility index (Phi) is 5.68. The van der Waals surface area contributed by atoms with E-state index in [1.807, 2.05) is 18.2 Å². The highest BCUT2D eigenvalue weighted by Gasteiger charge is 2.20. The summed E-state index contributed by atoms with van der Waals surface area (Å²) in [6.45, 7) is 2.27. The van der Waals surface area contributed by atoms with Crippen molar-refractivity contribution in [2.45, 2.75) is 26.2 Å². The third kappa shape index (κ3) is 3.75. The first-order valence-corrected chi connectivity index (χ1v) is 10.3. The second-order valence-electron chi connectivity index (χ2n) is 7.59. The lowest BCUT2D eigenvalue weighted by molar-refractivity contribution is 0.0955. The number of amides is 1. The van der Waals surface area contributed by atoms with Gasteiger partial charge >= 0.3 is 0 Å². The molecule has 1 atom stereocenters. The van der Waals surface area contributed by atoms with Crippen molar-refractivity contribution in [2.24, 2.45) is 11.0 Å². The molecule has 0 spiro atoms. The normalized spacial score (nSPS) is 15.9. The second kappa shape index (κ2) is 8.40. The Balaban J connectivity index is 1.53. The number of aryl methyl sites for hydroxylation is 1. The number of aromatic nitrogens is 1. The number of methoxy groups -OCH3 is 2. The average Bonchev–Trinajstić information content (AvgIpc) is 3.11. The predicted octanol–water partition coefficient (Wildman–Crippen LogP) is 4.73. The Hall–Kier alpha value is -2.99. The largest absolute Gasteiger partial charge is 0.493 e. The van der Waals surface area contributed by atoms with E-state index < -0.39 is 0 Å². The summed E-state index contributed by atoms with van der Waals surface area (Å²) in [5, 5.41) is 5.55. The Bertz CT molecular complexity index is 1140. The van der Waals surface area contributed by atoms with Crippen LogP contribution in [-0.4, -0.2) is 31.3 Å². The van der Waals surface area contributed by atoms with Crippen molar-refractivity contribution in [1.29, 1.82) is 0 Å². The SMILES string of the molecule is COc1ccc(/C=N\NC(=O)c2ccc3[nH]c4c(c3c2)CC(C)CC4)c(Cl)c1OC. The number of hydrazone groups is 1. The molecule has 0 saturated carbocycles. The van der Waals surface area contributed by atoms with Gasteiger partial charge in [-0.15, -0.1) is 0 Å². The number of carbonyl (C=O) groups is 1. The van der Waals surface area contributed by atoms with Gasteiger partial charge in [0.1, 0.15) is 0 Å². The summed E-state index contributed by atoms with van der Waals surface area (Å²) in [5.41, 5.74) is 7.45. The van der Waals surface area contributed by atoms with Crippen LogP contribution in [0.15, 0.2) is 35.4 Å². The van der Waals surface area contributed by atoms with Gasteiger partial charge in [0.15, 0.2) is 11.5 Å². The Morgan fingerprint density at radius 3 is 2.87 bits per heavy atom. The molecule has 1 aliphatic carbocycles. The number of aromatic amines is 1. The second-order valence-corrected chi connectivity index (χ2v) is 7.97. The summed E-state index contributed by atoms with van der Waals surface area (Å²) in [6.07, 6.45) is 4.78. The van der Waals surface area contributed by atoms with Gasteiger partial charge in [-0.25, -0.2) is 5.43 Å². The van der Waals surface area contributed by atoms with Gasteiger partial charge in [0, 0.05) is 27.7 Å². The quantitative estimate of drug-likeness (QED) is 0.458. The molecule has 1 unspecified atom stereocenters. The number of nitrogens with zero attached hydrogens (tertiary/aromatic N) is 1. The number of nitrogens with one attached hydrogen (secondary N) is 2. The summed E-state index contributed by atoms with van der Waals surface area (Å²) >= 11 is 6.34. The molecule has 2 N–H and O–H groups in total. The van der Waals surface area contributed by atoms with Crippen LogP contribution >= 0.6 is 11.6 Å². The molecule has 1 aliphatic rings. The number of ether oxygens (including phenoxy) is 2. The van der Waals surface area contributed by atoms with Crippen LogP contribution in [0, 0.1) is 5.92 Å². The summed E-state index contributed by atoms with van der Waals surface area (Å²) in [4.78, 5) is 16.1. The van der Waals surface area contributed by atoms with Crippen molar-refractivity contribution in [3.63, 3.8) is 0 Å². The maximum atomic E-state index is 12.6. The number of fused-ring (bicyclic) bond motifs is 3. The summed E-state index contributed by atoms with van der Waals surface area (Å²) in [7, 11) is 3.06. The number of rotatable bonds is 5. The zero-order chi connectivity index (χ0) is 21.3. The lowest BCUT2D eigenvalue weighted by Crippen LogP contribution is -2.17. The smallest absolute Gasteiger partial charge is 0.271 e. The fraction of sp³-hybridized carbons (Fsp3) is 0.304. The van der Waals surface area contributed by atoms with Crippen molar-refractivity contribution >= 4 is 34.6 Å². The molecule has 2 aromatic carbocycles. The van der Waals surface area contributed by atoms with Gasteiger partial charge in [0.25, 0.3) is 5.91 Å². The Morgan fingerprint density at radius 2 is 2.10 bits per heavy atom. The third-order valence-electron chi connectivity index (χ3n) is 5.58. The molecule has 156 valence electrons. The molecule has 0 radical (unpaired) electrons. The van der Waals surface area contributed by atoms with Gasteiger partial charge < -0.3 is 14.5 Å². The molecular formula is C23H24ClN3O3. The number of H-pyrrole nitrogens is 1. The van der Waals surface area contributed by atoms with E-state index in [9.17, 15) is 4.79 Å². The zero-order valence-corrected chi connectivity index (χ0v) is 18.0. The molecule has 1 aromatic heterocycles. The van der Waals surface area contributed by atoms with Crippen LogP contribution < -0.4 is 14.9 Å². The molecule has 0 saturated heterocycles. The number of halogens is 1. The molecule has 30 heavy (non-hydrogen) atoms. The molecule has 7 heteroatoms. The van der Waals surface area contributed by atoms with Crippen molar-refractivity contribution in [1.82, 2.24) is 10.4 Å². The van der Waals surface area contributed by atoms with Gasteiger partial charge in [-0.1, -0.05) is 18.5 Å². The van der Waals surface area contributed by atoms with Gasteiger partial charge in [0.2, 0.25) is 0 Å². The van der Waals surface area contributed by atoms with Crippen LogP contribution in [0.1, 0.15) is 40.5 Å². The molecular weight excluding hydrogens is 402 g/mol. The van der Waals surface area contributed by atoms with Crippen molar-refractivity contribution in [3.8, 4) is 11.5 Å². The van der Waals surface area contributed by atoms with Gasteiger partial charge in [0.05, 0.1) is 25.5 Å². The van der Waals surface area contributed by atoms with E-state index >= 15 is 0 Å². The first-order chi connectivity index (χ1) is 14.5. The van der Waals surface area contributed by atoms with Crippen LogP contribution in [0.5, 0.6) is 11.5 Å². The first-order valence-electron chi connectivity index (χ1n) is 9.89. The summed E-state index contributed by atoms with van der Waals surface area (Å²) in [6, 6.07) is 9.19. The highest BCUT2D eigenvalue weighted by molar-refractivity contribution is 6.34. The van der Waals surface area contributed by atoms with Crippen molar-refractivity contribution in [3.05, 3.63) is 57.7 Å². The predicted molar refractivity (Wildman–Crippen MR) is 119 cm³/mol. The van der Waals surface area contributed by atoms with Crippen molar-refractivity contribution < 1.29 is 14.3 Å². The fourth-order valence-electron chi connectivity index (χ4n) is 3.96. The van der Waals surface area contributed by atoms with E-state index in [0.29, 0.717) is 33.6 Å². The van der Waals surface area contributed by atoms with E-state index in [-0.39, 0.29) is 5.91 Å². The zero-order valence-electron chi connectivity index (χ0n) is 17.2. The maximum absolute atomic E-state index is 12.6. The number of hydrogen-bond acceptors (Lipinski definition) is 4. The lowest BCUT2D eigenvalue weighted by Gasteiger charge is -2.18. The number of carbonyl (C=O) groups excluding carboxylic acids is 1. The van der Waals surface area contributed by atoms with Gasteiger partial charge in [-0.3, -0.25) is 4.79 Å². The van der Waals surface area contributed by atoms with Gasteiger partial charge in [-0.05, 0) is 61.1 Å². The van der Waals surface area contributed by atoms with E-state index in [2.05, 4.69) is 22.4 Å². The first kappa shape index (κ1) is 20.3. The van der Waals surface area contributed by atoms with Crippen molar-refractivity contribution in [2.75, 3.05) is 14.2 Å². The van der Waals surface area contributed by atoms with E-state index in [4.69, 9.17) is 21.1 Å². The monoisotopic (exact) mass is 425 g/mol. The van der Waals surface area contributed by atoms with Crippen LogP contribution in [0.2, 0.25) is 5.02 Å². The van der Waals surface area contributed by atoms with Crippen LogP contribution in [0.4, 0.5) is 0 Å². The highest BCUT2D eigenvalue weighted by atomic mass is 35.5. The van der Waals surface area contributed by atoms with Crippen LogP contribution in [-0.2, 0) is 12.8 Å². The molecule has 1 amide bonds. The minimum Gasteiger partial charge on any atom is -0.493 e. The van der Waals surface area contributed by atoms with Crippen LogP contribution in [0.3, 0.4) is 0 Å². The lowest BCUT2D eigenvalue weighted by atomic mass is 9.87. The summed E-state index contributed by atoms with van der Waals surface area (Å²) in [5.74, 6) is 1.33.